The maximum Gasteiger partial charge on any atom is 0.0276 e. The monoisotopic (exact) mass is 196 g/mol. The van der Waals surface area contributed by atoms with E-state index in [1.54, 1.807) is 0 Å². The minimum atomic E-state index is 0.644. The van der Waals surface area contributed by atoms with Gasteiger partial charge in [-0.15, -0.1) is 6.58 Å². The lowest BCUT2D eigenvalue weighted by atomic mass is 10.2. The van der Waals surface area contributed by atoms with Crippen molar-refractivity contribution in [1.29, 1.82) is 0 Å². The number of likely N-dealkylation sites (N-methyl/N-ethyl adjacent to an activating group) is 1. The molecule has 0 spiro atoms. The van der Waals surface area contributed by atoms with Crippen molar-refractivity contribution < 1.29 is 0 Å². The first-order chi connectivity index (χ1) is 6.81. The molecule has 14 heavy (non-hydrogen) atoms. The predicted octanol–water partition coefficient (Wildman–Crippen LogP) is 1.98. The van der Waals surface area contributed by atoms with Gasteiger partial charge in [0.05, 0.1) is 0 Å². The molecule has 1 atom stereocenters. The third kappa shape index (κ3) is 3.10. The van der Waals surface area contributed by atoms with Crippen LogP contribution in [-0.4, -0.2) is 48.6 Å². The Bertz CT molecular complexity index is 164. The van der Waals surface area contributed by atoms with Crippen LogP contribution in [0.2, 0.25) is 0 Å². The molecule has 1 fully saturated rings. The number of rotatable bonds is 6. The Balaban J connectivity index is 2.25. The van der Waals surface area contributed by atoms with Crippen LogP contribution in [0.15, 0.2) is 12.7 Å². The van der Waals surface area contributed by atoms with Crippen molar-refractivity contribution in [2.24, 2.45) is 0 Å². The van der Waals surface area contributed by atoms with Gasteiger partial charge in [-0.05, 0) is 32.5 Å². The summed E-state index contributed by atoms with van der Waals surface area (Å²) in [6.07, 6.45) is 4.76. The zero-order valence-electron chi connectivity index (χ0n) is 9.71. The van der Waals surface area contributed by atoms with Crippen molar-refractivity contribution in [3.8, 4) is 0 Å². The largest absolute Gasteiger partial charge is 0.303 e. The minimum Gasteiger partial charge on any atom is -0.303 e. The van der Waals surface area contributed by atoms with Crippen LogP contribution in [0.1, 0.15) is 26.7 Å². The van der Waals surface area contributed by atoms with Gasteiger partial charge in [0.15, 0.2) is 0 Å². The van der Waals surface area contributed by atoms with Crippen LogP contribution in [0.5, 0.6) is 0 Å². The number of hydrogen-bond acceptors (Lipinski definition) is 2. The van der Waals surface area contributed by atoms with Crippen molar-refractivity contribution in [3.63, 3.8) is 0 Å². The molecule has 1 saturated heterocycles. The Morgan fingerprint density at radius 1 is 1.43 bits per heavy atom. The van der Waals surface area contributed by atoms with E-state index in [4.69, 9.17) is 0 Å². The molecule has 0 amide bonds. The Kier molecular flexibility index (Phi) is 5.20. The van der Waals surface area contributed by atoms with Gasteiger partial charge in [0.1, 0.15) is 0 Å². The maximum absolute atomic E-state index is 3.91. The first-order valence-electron chi connectivity index (χ1n) is 5.90. The first-order valence-corrected chi connectivity index (χ1v) is 5.90. The highest BCUT2D eigenvalue weighted by Gasteiger charge is 2.21. The molecule has 2 nitrogen and oxygen atoms in total. The lowest BCUT2D eigenvalue weighted by Gasteiger charge is -2.25. The summed E-state index contributed by atoms with van der Waals surface area (Å²) < 4.78 is 0. The third-order valence-electron chi connectivity index (χ3n) is 3.28. The van der Waals surface area contributed by atoms with E-state index in [1.165, 1.54) is 45.6 Å². The molecule has 0 N–H and O–H groups in total. The summed E-state index contributed by atoms with van der Waals surface area (Å²) in [5, 5.41) is 0. The first kappa shape index (κ1) is 11.7. The molecule has 0 aromatic heterocycles. The van der Waals surface area contributed by atoms with Crippen molar-refractivity contribution in [3.05, 3.63) is 12.7 Å². The number of hydrogen-bond donors (Lipinski definition) is 0. The van der Waals surface area contributed by atoms with E-state index in [9.17, 15) is 0 Å². The Morgan fingerprint density at radius 2 is 2.14 bits per heavy atom. The van der Waals surface area contributed by atoms with Crippen LogP contribution >= 0.6 is 0 Å². The summed E-state index contributed by atoms with van der Waals surface area (Å²) in [5.74, 6) is 0. The quantitative estimate of drug-likeness (QED) is 0.599. The van der Waals surface area contributed by atoms with Crippen LogP contribution in [-0.2, 0) is 0 Å². The van der Waals surface area contributed by atoms with Gasteiger partial charge in [-0.1, -0.05) is 19.9 Å². The fraction of sp³-hybridized carbons (Fsp3) is 0.833. The van der Waals surface area contributed by atoms with E-state index in [2.05, 4.69) is 36.3 Å². The minimum absolute atomic E-state index is 0.644. The second-order valence-corrected chi connectivity index (χ2v) is 4.01. The molecule has 0 aromatic carbocycles. The van der Waals surface area contributed by atoms with Crippen LogP contribution in [0.3, 0.4) is 0 Å². The van der Waals surface area contributed by atoms with Crippen molar-refractivity contribution in [1.82, 2.24) is 9.80 Å². The van der Waals surface area contributed by atoms with Gasteiger partial charge in [0.2, 0.25) is 0 Å². The smallest absolute Gasteiger partial charge is 0.0276 e. The molecule has 1 rings (SSSR count). The van der Waals surface area contributed by atoms with Crippen LogP contribution in [0, 0.1) is 0 Å². The van der Waals surface area contributed by atoms with Gasteiger partial charge in [-0.25, -0.2) is 0 Å². The van der Waals surface area contributed by atoms with Gasteiger partial charge in [-0.2, -0.15) is 0 Å². The fourth-order valence-electron chi connectivity index (χ4n) is 2.21. The van der Waals surface area contributed by atoms with Crippen molar-refractivity contribution >= 4 is 0 Å². The van der Waals surface area contributed by atoms with E-state index in [0.29, 0.717) is 6.04 Å². The summed E-state index contributed by atoms with van der Waals surface area (Å²) in [6, 6.07) is 0.644. The number of nitrogens with zero attached hydrogens (tertiary/aromatic N) is 2. The van der Waals surface area contributed by atoms with Gasteiger partial charge < -0.3 is 4.90 Å². The third-order valence-corrected chi connectivity index (χ3v) is 3.28. The summed E-state index contributed by atoms with van der Waals surface area (Å²) in [7, 11) is 0. The van der Waals surface area contributed by atoms with E-state index in [0.717, 1.165) is 0 Å². The zero-order chi connectivity index (χ0) is 10.4. The number of likely N-dealkylation sites (tertiary alicyclic amines) is 1. The fourth-order valence-corrected chi connectivity index (χ4v) is 2.21. The second kappa shape index (κ2) is 6.20. The predicted molar refractivity (Wildman–Crippen MR) is 62.6 cm³/mol. The molecular weight excluding hydrogens is 172 g/mol. The molecule has 0 aliphatic carbocycles. The zero-order valence-corrected chi connectivity index (χ0v) is 9.71. The normalized spacial score (nSPS) is 23.2. The highest BCUT2D eigenvalue weighted by molar-refractivity contribution is 4.92. The highest BCUT2D eigenvalue weighted by atomic mass is 15.2. The van der Waals surface area contributed by atoms with Crippen molar-refractivity contribution in [2.45, 2.75) is 32.7 Å². The van der Waals surface area contributed by atoms with Crippen LogP contribution in [0.4, 0.5) is 0 Å². The van der Waals surface area contributed by atoms with Gasteiger partial charge in [0.25, 0.3) is 0 Å². The summed E-state index contributed by atoms with van der Waals surface area (Å²) in [5.41, 5.74) is 0. The van der Waals surface area contributed by atoms with Gasteiger partial charge >= 0.3 is 0 Å². The average molecular weight is 196 g/mol. The van der Waals surface area contributed by atoms with E-state index in [1.807, 2.05) is 0 Å². The van der Waals surface area contributed by atoms with E-state index >= 15 is 0 Å². The average Bonchev–Trinajstić information content (AvgIpc) is 2.67. The topological polar surface area (TPSA) is 6.48 Å². The van der Waals surface area contributed by atoms with Gasteiger partial charge in [0, 0.05) is 19.1 Å². The van der Waals surface area contributed by atoms with Crippen LogP contribution < -0.4 is 0 Å². The Hall–Kier alpha value is -0.340. The Labute approximate surface area is 88.6 Å². The summed E-state index contributed by atoms with van der Waals surface area (Å²) in [6.45, 7) is 14.4. The molecule has 1 aliphatic heterocycles. The molecule has 0 aromatic rings. The highest BCUT2D eigenvalue weighted by Crippen LogP contribution is 2.17. The molecule has 82 valence electrons. The standard InChI is InChI=1S/C12H24N2/c1-4-12-8-7-9-14(12)11-10-13(5-2)6-3/h4,12H,1,5-11H2,2-3H3. The SMILES string of the molecule is C=CC1CCCN1CCN(CC)CC. The second-order valence-electron chi connectivity index (χ2n) is 4.01. The Morgan fingerprint density at radius 3 is 2.71 bits per heavy atom. The lowest BCUT2D eigenvalue weighted by molar-refractivity contribution is 0.220. The van der Waals surface area contributed by atoms with E-state index in [-0.39, 0.29) is 0 Å². The summed E-state index contributed by atoms with van der Waals surface area (Å²) >= 11 is 0. The molecule has 2 heteroatoms. The molecule has 0 radical (unpaired) electrons. The lowest BCUT2D eigenvalue weighted by Crippen LogP contribution is -2.36. The molecule has 1 aliphatic rings. The molecule has 1 heterocycles. The molecular formula is C12H24N2. The van der Waals surface area contributed by atoms with Crippen molar-refractivity contribution in [2.75, 3.05) is 32.7 Å². The summed E-state index contributed by atoms with van der Waals surface area (Å²) in [4.78, 5) is 5.05. The molecule has 0 bridgehead atoms. The van der Waals surface area contributed by atoms with E-state index < -0.39 is 0 Å². The van der Waals surface area contributed by atoms with Crippen LogP contribution in [0.25, 0.3) is 0 Å². The molecule has 0 saturated carbocycles. The maximum atomic E-state index is 3.91. The molecule has 1 unspecified atom stereocenters. The van der Waals surface area contributed by atoms with Gasteiger partial charge in [-0.3, -0.25) is 4.90 Å².